The lowest BCUT2D eigenvalue weighted by atomic mass is 10.2. The summed E-state index contributed by atoms with van der Waals surface area (Å²) in [4.78, 5) is 0. The minimum absolute atomic E-state index is 0.0474. The van der Waals surface area contributed by atoms with Gasteiger partial charge in [0.1, 0.15) is 11.5 Å². The summed E-state index contributed by atoms with van der Waals surface area (Å²) in [6, 6.07) is 7.54. The predicted octanol–water partition coefficient (Wildman–Crippen LogP) is 3.59. The van der Waals surface area contributed by atoms with E-state index in [2.05, 4.69) is 0 Å². The van der Waals surface area contributed by atoms with Crippen LogP contribution in [0.1, 0.15) is 32.6 Å². The molecule has 0 heterocycles. The van der Waals surface area contributed by atoms with E-state index in [-0.39, 0.29) is 5.75 Å². The summed E-state index contributed by atoms with van der Waals surface area (Å²) in [7, 11) is 1.79. The molecular weight excluding hydrogens is 300 g/mol. The maximum absolute atomic E-state index is 10.7. The van der Waals surface area contributed by atoms with Crippen molar-refractivity contribution in [1.29, 1.82) is 0 Å². The molecule has 0 radical (unpaired) electrons. The van der Waals surface area contributed by atoms with Gasteiger partial charge < -0.3 is 9.47 Å². The maximum Gasteiger partial charge on any atom is 0.232 e. The summed E-state index contributed by atoms with van der Waals surface area (Å²) in [5.74, 6) is 1.64. The molecule has 0 aromatic heterocycles. The Morgan fingerprint density at radius 2 is 1.70 bits per heavy atom. The Morgan fingerprint density at radius 3 is 2.35 bits per heavy atom. The van der Waals surface area contributed by atoms with Gasteiger partial charge in [-0.15, -0.1) is 0 Å². The number of hydrogen-bond acceptors (Lipinski definition) is 4. The Hall–Kier alpha value is -0.940. The van der Waals surface area contributed by atoms with Crippen molar-refractivity contribution in [2.75, 3.05) is 19.0 Å². The molecule has 0 atom stereocenters. The average Bonchev–Trinajstić information content (AvgIpc) is 2.37. The minimum atomic E-state index is -3.34. The van der Waals surface area contributed by atoms with Gasteiger partial charge in [0.15, 0.2) is 0 Å². The monoisotopic (exact) mass is 320 g/mol. The van der Waals surface area contributed by atoms with Gasteiger partial charge in [0.05, 0.1) is 19.0 Å². The fourth-order valence-electron chi connectivity index (χ4n) is 1.74. The zero-order valence-electron chi connectivity index (χ0n) is 11.7. The van der Waals surface area contributed by atoms with E-state index < -0.39 is 9.05 Å². The van der Waals surface area contributed by atoms with E-state index in [0.717, 1.165) is 30.8 Å². The standard InChI is InChI=1S/C14H21ClO4S/c1-2-18-13-8-7-9-14(12-13)19-10-5-3-4-6-11-20(15,16)17/h7-9,12H,2-6,10-11H2,1H3. The fourth-order valence-corrected chi connectivity index (χ4v) is 2.62. The Morgan fingerprint density at radius 1 is 1.05 bits per heavy atom. The zero-order chi connectivity index (χ0) is 14.8. The average molecular weight is 321 g/mol. The van der Waals surface area contributed by atoms with Crippen LogP contribution in [0.5, 0.6) is 11.5 Å². The van der Waals surface area contributed by atoms with Gasteiger partial charge in [-0.3, -0.25) is 0 Å². The van der Waals surface area contributed by atoms with Crippen LogP contribution in [0.4, 0.5) is 0 Å². The van der Waals surface area contributed by atoms with Gasteiger partial charge in [0.2, 0.25) is 9.05 Å². The molecule has 0 aliphatic carbocycles. The summed E-state index contributed by atoms with van der Waals surface area (Å²) < 4.78 is 32.4. The van der Waals surface area contributed by atoms with Crippen molar-refractivity contribution >= 4 is 19.7 Å². The molecule has 0 bridgehead atoms. The van der Waals surface area contributed by atoms with Crippen molar-refractivity contribution in [3.8, 4) is 11.5 Å². The van der Waals surface area contributed by atoms with Gasteiger partial charge >= 0.3 is 0 Å². The van der Waals surface area contributed by atoms with Gasteiger partial charge in [-0.2, -0.15) is 0 Å². The number of ether oxygens (including phenoxy) is 2. The van der Waals surface area contributed by atoms with Crippen LogP contribution in [-0.2, 0) is 9.05 Å². The van der Waals surface area contributed by atoms with Crippen molar-refractivity contribution in [3.05, 3.63) is 24.3 Å². The molecule has 114 valence electrons. The normalized spacial score (nSPS) is 11.3. The number of halogens is 1. The highest BCUT2D eigenvalue weighted by atomic mass is 35.7. The summed E-state index contributed by atoms with van der Waals surface area (Å²) in [6.45, 7) is 3.19. The highest BCUT2D eigenvalue weighted by Gasteiger charge is 2.03. The summed E-state index contributed by atoms with van der Waals surface area (Å²) in [5, 5.41) is 0. The molecule has 0 unspecified atom stereocenters. The lowest BCUT2D eigenvalue weighted by Crippen LogP contribution is -2.00. The third-order valence-electron chi connectivity index (χ3n) is 2.67. The molecule has 6 heteroatoms. The third-order valence-corrected chi connectivity index (χ3v) is 3.91. The van der Waals surface area contributed by atoms with E-state index in [1.165, 1.54) is 0 Å². The van der Waals surface area contributed by atoms with Crippen LogP contribution in [0, 0.1) is 0 Å². The molecule has 20 heavy (non-hydrogen) atoms. The van der Waals surface area contributed by atoms with Crippen molar-refractivity contribution in [2.24, 2.45) is 0 Å². The molecule has 1 aromatic rings. The van der Waals surface area contributed by atoms with Crippen LogP contribution >= 0.6 is 10.7 Å². The largest absolute Gasteiger partial charge is 0.494 e. The summed E-state index contributed by atoms with van der Waals surface area (Å²) >= 11 is 0. The highest BCUT2D eigenvalue weighted by molar-refractivity contribution is 8.13. The van der Waals surface area contributed by atoms with Crippen LogP contribution in [-0.4, -0.2) is 27.4 Å². The number of benzene rings is 1. The van der Waals surface area contributed by atoms with Crippen LogP contribution in [0.2, 0.25) is 0 Å². The Balaban J connectivity index is 2.13. The Labute approximate surface area is 125 Å². The van der Waals surface area contributed by atoms with Crippen molar-refractivity contribution < 1.29 is 17.9 Å². The topological polar surface area (TPSA) is 52.6 Å². The molecule has 4 nitrogen and oxygen atoms in total. The molecule has 1 rings (SSSR count). The lowest BCUT2D eigenvalue weighted by molar-refractivity contribution is 0.299. The van der Waals surface area contributed by atoms with Gasteiger partial charge in [0, 0.05) is 16.7 Å². The zero-order valence-corrected chi connectivity index (χ0v) is 13.3. The summed E-state index contributed by atoms with van der Waals surface area (Å²) in [5.41, 5.74) is 0. The summed E-state index contributed by atoms with van der Waals surface area (Å²) in [6.07, 6.45) is 3.26. The SMILES string of the molecule is CCOc1cccc(OCCCCCCS(=O)(=O)Cl)c1. The Bertz CT molecular complexity index is 488. The van der Waals surface area contributed by atoms with E-state index in [4.69, 9.17) is 20.2 Å². The van der Waals surface area contributed by atoms with Gasteiger partial charge in [-0.25, -0.2) is 8.42 Å². The molecule has 0 saturated carbocycles. The van der Waals surface area contributed by atoms with E-state index in [1.807, 2.05) is 31.2 Å². The molecule has 0 fully saturated rings. The molecule has 0 spiro atoms. The molecular formula is C14H21ClO4S. The second kappa shape index (κ2) is 9.08. The molecule has 1 aromatic carbocycles. The van der Waals surface area contributed by atoms with Crippen LogP contribution in [0.15, 0.2) is 24.3 Å². The molecule has 0 aliphatic rings. The Kier molecular flexibility index (Phi) is 7.77. The van der Waals surface area contributed by atoms with Crippen LogP contribution in [0.25, 0.3) is 0 Å². The number of rotatable bonds is 10. The predicted molar refractivity (Wildman–Crippen MR) is 81.2 cm³/mol. The molecule has 0 amide bonds. The van der Waals surface area contributed by atoms with E-state index in [9.17, 15) is 8.42 Å². The second-order valence-corrected chi connectivity index (χ2v) is 7.31. The smallest absolute Gasteiger partial charge is 0.232 e. The lowest BCUT2D eigenvalue weighted by Gasteiger charge is -2.08. The van der Waals surface area contributed by atoms with Crippen molar-refractivity contribution in [3.63, 3.8) is 0 Å². The van der Waals surface area contributed by atoms with Gasteiger partial charge in [-0.1, -0.05) is 18.9 Å². The first-order chi connectivity index (χ1) is 9.51. The molecule has 0 aliphatic heterocycles. The van der Waals surface area contributed by atoms with E-state index in [1.54, 1.807) is 0 Å². The quantitative estimate of drug-likeness (QED) is 0.488. The molecule has 0 N–H and O–H groups in total. The van der Waals surface area contributed by atoms with Crippen molar-refractivity contribution in [1.82, 2.24) is 0 Å². The first kappa shape index (κ1) is 17.1. The van der Waals surface area contributed by atoms with Crippen molar-refractivity contribution in [2.45, 2.75) is 32.6 Å². The number of unbranched alkanes of at least 4 members (excludes halogenated alkanes) is 3. The van der Waals surface area contributed by atoms with E-state index in [0.29, 0.717) is 19.6 Å². The van der Waals surface area contributed by atoms with Gasteiger partial charge in [0.25, 0.3) is 0 Å². The highest BCUT2D eigenvalue weighted by Crippen LogP contribution is 2.19. The second-order valence-electron chi connectivity index (χ2n) is 4.41. The fraction of sp³-hybridized carbons (Fsp3) is 0.571. The third kappa shape index (κ3) is 8.27. The molecule has 0 saturated heterocycles. The van der Waals surface area contributed by atoms with Crippen LogP contribution in [0.3, 0.4) is 0 Å². The minimum Gasteiger partial charge on any atom is -0.494 e. The first-order valence-electron chi connectivity index (χ1n) is 6.79. The maximum atomic E-state index is 10.7. The number of hydrogen-bond donors (Lipinski definition) is 0. The van der Waals surface area contributed by atoms with Crippen LogP contribution < -0.4 is 9.47 Å². The van der Waals surface area contributed by atoms with E-state index >= 15 is 0 Å². The van der Waals surface area contributed by atoms with Gasteiger partial charge in [-0.05, 0) is 31.9 Å². The first-order valence-corrected chi connectivity index (χ1v) is 9.27.